The van der Waals surface area contributed by atoms with Gasteiger partial charge in [0.25, 0.3) is 5.69 Å². The van der Waals surface area contributed by atoms with E-state index in [-0.39, 0.29) is 29.0 Å². The van der Waals surface area contributed by atoms with Gasteiger partial charge in [0.15, 0.2) is 4.90 Å². The maximum atomic E-state index is 13.0. The van der Waals surface area contributed by atoms with Gasteiger partial charge in [-0.1, -0.05) is 18.6 Å². The number of hydrogen-bond acceptors (Lipinski definition) is 5. The van der Waals surface area contributed by atoms with E-state index in [9.17, 15) is 18.5 Å². The minimum Gasteiger partial charge on any atom is -0.330 e. The molecule has 9 heteroatoms. The normalized spacial score (nSPS) is 19.1. The van der Waals surface area contributed by atoms with Crippen molar-refractivity contribution in [3.05, 3.63) is 33.9 Å². The van der Waals surface area contributed by atoms with E-state index in [0.29, 0.717) is 25.1 Å². The summed E-state index contributed by atoms with van der Waals surface area (Å²) in [4.78, 5) is 10.4. The van der Waals surface area contributed by atoms with Crippen LogP contribution in [-0.4, -0.2) is 36.8 Å². The Morgan fingerprint density at radius 1 is 1.39 bits per heavy atom. The molecule has 0 saturated carbocycles. The summed E-state index contributed by atoms with van der Waals surface area (Å²) >= 11 is 0. The highest BCUT2D eigenvalue weighted by Gasteiger charge is 2.38. The van der Waals surface area contributed by atoms with Crippen LogP contribution >= 0.6 is 12.4 Å². The maximum Gasteiger partial charge on any atom is 0.289 e. The van der Waals surface area contributed by atoms with Gasteiger partial charge < -0.3 is 5.73 Å². The molecule has 23 heavy (non-hydrogen) atoms. The summed E-state index contributed by atoms with van der Waals surface area (Å²) in [6.45, 7) is 2.37. The molecule has 7 nitrogen and oxygen atoms in total. The number of nitrogens with zero attached hydrogens (tertiary/aromatic N) is 2. The molecule has 1 aliphatic rings. The molecule has 130 valence electrons. The van der Waals surface area contributed by atoms with E-state index in [2.05, 4.69) is 0 Å². The molecule has 1 unspecified atom stereocenters. The molecule has 1 atom stereocenters. The second-order valence-corrected chi connectivity index (χ2v) is 7.35. The van der Waals surface area contributed by atoms with Gasteiger partial charge in [-0.25, -0.2) is 8.42 Å². The van der Waals surface area contributed by atoms with Crippen molar-refractivity contribution in [3.8, 4) is 0 Å². The van der Waals surface area contributed by atoms with Gasteiger partial charge in [-0.05, 0) is 38.3 Å². The molecule has 0 radical (unpaired) electrons. The Kier molecular flexibility index (Phi) is 6.94. The number of nitro benzene ring substituents is 1. The van der Waals surface area contributed by atoms with Crippen molar-refractivity contribution < 1.29 is 13.3 Å². The van der Waals surface area contributed by atoms with Gasteiger partial charge in [0.1, 0.15) is 0 Å². The second kappa shape index (κ2) is 8.05. The standard InChI is InChI=1S/C14H21N3O4S.ClH/c1-11-5-4-7-13(17(18)19)14(11)22(20,21)16-10-3-2-6-12(16)8-9-15;/h4-5,7,12H,2-3,6,8-10,15H2,1H3;1H. The summed E-state index contributed by atoms with van der Waals surface area (Å²) in [7, 11) is -3.90. The van der Waals surface area contributed by atoms with Gasteiger partial charge in [0.05, 0.1) is 4.92 Å². The van der Waals surface area contributed by atoms with E-state index in [1.54, 1.807) is 13.0 Å². The lowest BCUT2D eigenvalue weighted by atomic mass is 10.0. The fourth-order valence-electron chi connectivity index (χ4n) is 3.00. The Labute approximate surface area is 142 Å². The lowest BCUT2D eigenvalue weighted by molar-refractivity contribution is -0.387. The third-order valence-electron chi connectivity index (χ3n) is 4.03. The zero-order valence-electron chi connectivity index (χ0n) is 13.0. The summed E-state index contributed by atoms with van der Waals surface area (Å²) in [6.07, 6.45) is 3.03. The van der Waals surface area contributed by atoms with Gasteiger partial charge >= 0.3 is 0 Å². The van der Waals surface area contributed by atoms with E-state index in [1.807, 2.05) is 0 Å². The SMILES string of the molecule is Cc1cccc([N+](=O)[O-])c1S(=O)(=O)N1CCCCC1CCN.Cl. The quantitative estimate of drug-likeness (QED) is 0.637. The zero-order valence-corrected chi connectivity index (χ0v) is 14.6. The number of hydrogen-bond donors (Lipinski definition) is 1. The Morgan fingerprint density at radius 2 is 2.09 bits per heavy atom. The average molecular weight is 364 g/mol. The first kappa shape index (κ1) is 19.8. The van der Waals surface area contributed by atoms with Crippen molar-refractivity contribution in [1.29, 1.82) is 0 Å². The minimum absolute atomic E-state index is 0. The number of rotatable bonds is 5. The van der Waals surface area contributed by atoms with Crippen LogP contribution in [-0.2, 0) is 10.0 Å². The first-order chi connectivity index (χ1) is 10.4. The summed E-state index contributed by atoms with van der Waals surface area (Å²) in [6, 6.07) is 4.15. The Bertz CT molecular complexity index is 664. The molecule has 2 rings (SSSR count). The van der Waals surface area contributed by atoms with E-state index in [1.165, 1.54) is 16.4 Å². The summed E-state index contributed by atoms with van der Waals surface area (Å²) in [5.74, 6) is 0. The lowest BCUT2D eigenvalue weighted by Crippen LogP contribution is -2.44. The van der Waals surface area contributed by atoms with Crippen LogP contribution in [0.1, 0.15) is 31.2 Å². The highest BCUT2D eigenvalue weighted by molar-refractivity contribution is 7.89. The average Bonchev–Trinajstić information content (AvgIpc) is 2.47. The monoisotopic (exact) mass is 363 g/mol. The molecule has 1 aromatic rings. The van der Waals surface area contributed by atoms with Gasteiger partial charge in [0, 0.05) is 18.7 Å². The van der Waals surface area contributed by atoms with Crippen LogP contribution in [0.25, 0.3) is 0 Å². The minimum atomic E-state index is -3.90. The molecule has 1 heterocycles. The van der Waals surface area contributed by atoms with Gasteiger partial charge in [-0.3, -0.25) is 10.1 Å². The molecule has 1 fully saturated rings. The molecule has 0 aromatic heterocycles. The van der Waals surface area contributed by atoms with Crippen molar-refractivity contribution >= 4 is 28.1 Å². The molecule has 0 spiro atoms. The van der Waals surface area contributed by atoms with Gasteiger partial charge in [0.2, 0.25) is 10.0 Å². The van der Waals surface area contributed by atoms with E-state index in [0.717, 1.165) is 19.3 Å². The summed E-state index contributed by atoms with van der Waals surface area (Å²) in [5.41, 5.74) is 5.61. The predicted octanol–water partition coefficient (Wildman–Crippen LogP) is 2.22. The number of benzene rings is 1. The summed E-state index contributed by atoms with van der Waals surface area (Å²) in [5, 5.41) is 11.2. The number of halogens is 1. The number of sulfonamides is 1. The molecular formula is C14H22ClN3O4S. The molecule has 1 aliphatic heterocycles. The van der Waals surface area contributed by atoms with Crippen LogP contribution in [0, 0.1) is 17.0 Å². The first-order valence-corrected chi connectivity index (χ1v) is 8.79. The van der Waals surface area contributed by atoms with Crippen LogP contribution in [0.2, 0.25) is 0 Å². The number of nitro groups is 1. The topological polar surface area (TPSA) is 107 Å². The Balaban J connectivity index is 0.00000264. The fraction of sp³-hybridized carbons (Fsp3) is 0.571. The predicted molar refractivity (Wildman–Crippen MR) is 90.3 cm³/mol. The lowest BCUT2D eigenvalue weighted by Gasteiger charge is -2.34. The molecule has 1 saturated heterocycles. The van der Waals surface area contributed by atoms with Crippen LogP contribution in [0.3, 0.4) is 0 Å². The molecule has 2 N–H and O–H groups in total. The van der Waals surface area contributed by atoms with Crippen molar-refractivity contribution in [2.24, 2.45) is 5.73 Å². The largest absolute Gasteiger partial charge is 0.330 e. The number of piperidine rings is 1. The third kappa shape index (κ3) is 4.00. The third-order valence-corrected chi connectivity index (χ3v) is 6.17. The van der Waals surface area contributed by atoms with Crippen molar-refractivity contribution in [2.45, 2.75) is 43.5 Å². The number of nitrogens with two attached hydrogens (primary N) is 1. The van der Waals surface area contributed by atoms with E-state index < -0.39 is 14.9 Å². The highest BCUT2D eigenvalue weighted by Crippen LogP contribution is 2.33. The smallest absolute Gasteiger partial charge is 0.289 e. The fourth-order valence-corrected chi connectivity index (χ4v) is 5.09. The summed E-state index contributed by atoms with van der Waals surface area (Å²) < 4.78 is 27.4. The van der Waals surface area contributed by atoms with Crippen molar-refractivity contribution in [1.82, 2.24) is 4.31 Å². The highest BCUT2D eigenvalue weighted by atomic mass is 35.5. The maximum absolute atomic E-state index is 13.0. The van der Waals surface area contributed by atoms with Crippen molar-refractivity contribution in [2.75, 3.05) is 13.1 Å². The molecule has 0 bridgehead atoms. The molecule has 1 aromatic carbocycles. The first-order valence-electron chi connectivity index (χ1n) is 7.35. The molecule has 0 amide bonds. The van der Waals surface area contributed by atoms with Gasteiger partial charge in [-0.15, -0.1) is 12.4 Å². The van der Waals surface area contributed by atoms with Crippen LogP contribution in [0.15, 0.2) is 23.1 Å². The zero-order chi connectivity index (χ0) is 16.3. The van der Waals surface area contributed by atoms with Gasteiger partial charge in [-0.2, -0.15) is 4.31 Å². The van der Waals surface area contributed by atoms with E-state index in [4.69, 9.17) is 5.73 Å². The molecule has 0 aliphatic carbocycles. The van der Waals surface area contributed by atoms with Crippen LogP contribution < -0.4 is 5.73 Å². The second-order valence-electron chi connectivity index (χ2n) is 5.52. The van der Waals surface area contributed by atoms with Crippen LogP contribution in [0.5, 0.6) is 0 Å². The van der Waals surface area contributed by atoms with E-state index >= 15 is 0 Å². The van der Waals surface area contributed by atoms with Crippen LogP contribution in [0.4, 0.5) is 5.69 Å². The number of aryl methyl sites for hydroxylation is 1. The van der Waals surface area contributed by atoms with Crippen molar-refractivity contribution in [3.63, 3.8) is 0 Å². The Morgan fingerprint density at radius 3 is 2.70 bits per heavy atom. The Hall–Kier alpha value is -1.22. The molecular weight excluding hydrogens is 342 g/mol.